The van der Waals surface area contributed by atoms with Crippen LogP contribution in [0.2, 0.25) is 0 Å². The number of rotatable bonds is 7. The van der Waals surface area contributed by atoms with Gasteiger partial charge in [0.1, 0.15) is 5.82 Å². The fraction of sp³-hybridized carbons (Fsp3) is 0.550. The van der Waals surface area contributed by atoms with Gasteiger partial charge in [-0.2, -0.15) is 0 Å². The molecule has 4 N–H and O–H groups in total. The van der Waals surface area contributed by atoms with E-state index in [4.69, 9.17) is 15.2 Å². The highest BCUT2D eigenvalue weighted by Crippen LogP contribution is 2.35. The lowest BCUT2D eigenvalue weighted by atomic mass is 9.91. The summed E-state index contributed by atoms with van der Waals surface area (Å²) in [5, 5.41) is 6.57. The van der Waals surface area contributed by atoms with E-state index in [0.29, 0.717) is 12.3 Å². The molecule has 1 aromatic carbocycles. The molecule has 0 aromatic heterocycles. The van der Waals surface area contributed by atoms with Gasteiger partial charge in [0, 0.05) is 31.2 Å². The molecule has 0 fully saturated rings. The van der Waals surface area contributed by atoms with Crippen molar-refractivity contribution in [3.63, 3.8) is 0 Å². The van der Waals surface area contributed by atoms with Gasteiger partial charge in [0.25, 0.3) is 0 Å². The zero-order valence-electron chi connectivity index (χ0n) is 16.9. The normalized spacial score (nSPS) is 19.8. The number of ether oxygens (including phenoxy) is 2. The van der Waals surface area contributed by atoms with Gasteiger partial charge in [-0.3, -0.25) is 10.7 Å². The molecule has 1 heterocycles. The molecule has 0 amide bonds. The Morgan fingerprint density at radius 2 is 1.77 bits per heavy atom. The van der Waals surface area contributed by atoms with E-state index < -0.39 is 5.79 Å². The minimum Gasteiger partial charge on any atom is -0.493 e. The van der Waals surface area contributed by atoms with Crippen molar-refractivity contribution in [2.24, 2.45) is 16.6 Å². The van der Waals surface area contributed by atoms with Crippen LogP contribution in [0.1, 0.15) is 44.7 Å². The maximum atomic E-state index is 6.37. The fourth-order valence-corrected chi connectivity index (χ4v) is 3.05. The van der Waals surface area contributed by atoms with Crippen molar-refractivity contribution >= 4 is 6.21 Å². The molecule has 6 nitrogen and oxygen atoms in total. The van der Waals surface area contributed by atoms with Crippen LogP contribution in [0.4, 0.5) is 0 Å². The van der Waals surface area contributed by atoms with Crippen molar-refractivity contribution in [2.45, 2.75) is 45.8 Å². The highest BCUT2D eigenvalue weighted by molar-refractivity contribution is 5.82. The topological polar surface area (TPSA) is 80.9 Å². The van der Waals surface area contributed by atoms with Gasteiger partial charge in [-0.05, 0) is 29.2 Å². The summed E-state index contributed by atoms with van der Waals surface area (Å²) in [5.74, 6) is 2.12. The van der Waals surface area contributed by atoms with Crippen molar-refractivity contribution in [2.75, 3.05) is 21.3 Å². The number of methoxy groups -OCH3 is 2. The average molecular weight is 361 g/mol. The Balaban J connectivity index is 2.44. The summed E-state index contributed by atoms with van der Waals surface area (Å²) in [6.07, 6.45) is 2.60. The zero-order valence-corrected chi connectivity index (χ0v) is 16.9. The molecule has 0 saturated heterocycles. The molecule has 2 rings (SSSR count). The summed E-state index contributed by atoms with van der Waals surface area (Å²) < 4.78 is 11.0. The van der Waals surface area contributed by atoms with Crippen LogP contribution in [0.5, 0.6) is 11.5 Å². The lowest BCUT2D eigenvalue weighted by molar-refractivity contribution is 0.269. The molecular formula is C20H32N4O2. The third-order valence-electron chi connectivity index (χ3n) is 4.86. The van der Waals surface area contributed by atoms with E-state index in [0.717, 1.165) is 22.9 Å². The number of nitrogens with one attached hydrogen (secondary N) is 2. The van der Waals surface area contributed by atoms with Crippen LogP contribution >= 0.6 is 0 Å². The summed E-state index contributed by atoms with van der Waals surface area (Å²) in [7, 11) is 5.21. The molecule has 0 saturated carbocycles. The largest absolute Gasteiger partial charge is 0.493 e. The molecule has 0 aliphatic carbocycles. The van der Waals surface area contributed by atoms with Gasteiger partial charge in [-0.25, -0.2) is 0 Å². The van der Waals surface area contributed by atoms with Crippen LogP contribution in [-0.4, -0.2) is 33.3 Å². The summed E-state index contributed by atoms with van der Waals surface area (Å²) in [6.45, 7) is 8.45. The first-order valence-corrected chi connectivity index (χ1v) is 9.03. The molecule has 0 spiro atoms. The van der Waals surface area contributed by atoms with E-state index in [1.165, 1.54) is 11.1 Å². The van der Waals surface area contributed by atoms with Crippen LogP contribution in [0.15, 0.2) is 28.5 Å². The second kappa shape index (κ2) is 7.99. The van der Waals surface area contributed by atoms with Crippen molar-refractivity contribution in [1.82, 2.24) is 10.6 Å². The van der Waals surface area contributed by atoms with Gasteiger partial charge in [0.15, 0.2) is 17.3 Å². The van der Waals surface area contributed by atoms with Crippen LogP contribution in [-0.2, 0) is 6.42 Å². The molecule has 1 unspecified atom stereocenters. The Hall–Kier alpha value is -2.21. The number of nitrogens with zero attached hydrogens (tertiary/aromatic N) is 1. The van der Waals surface area contributed by atoms with Crippen LogP contribution in [0, 0.1) is 5.92 Å². The molecular weight excluding hydrogens is 328 g/mol. The van der Waals surface area contributed by atoms with Gasteiger partial charge < -0.3 is 20.1 Å². The van der Waals surface area contributed by atoms with Crippen molar-refractivity contribution in [3.8, 4) is 11.5 Å². The van der Waals surface area contributed by atoms with E-state index >= 15 is 0 Å². The van der Waals surface area contributed by atoms with Crippen LogP contribution in [0.3, 0.4) is 0 Å². The van der Waals surface area contributed by atoms with Crippen LogP contribution in [0.25, 0.3) is 0 Å². The Kier molecular flexibility index (Phi) is 6.18. The molecule has 1 aliphatic rings. The lowest BCUT2D eigenvalue weighted by Crippen LogP contribution is -2.58. The molecule has 6 heteroatoms. The fourth-order valence-electron chi connectivity index (χ4n) is 3.05. The maximum Gasteiger partial charge on any atom is 0.185 e. The summed E-state index contributed by atoms with van der Waals surface area (Å²) in [4.78, 5) is 4.58. The highest BCUT2D eigenvalue weighted by atomic mass is 16.5. The minimum atomic E-state index is -0.791. The maximum absolute atomic E-state index is 6.37. The summed E-state index contributed by atoms with van der Waals surface area (Å²) >= 11 is 0. The minimum absolute atomic E-state index is 0.163. The lowest BCUT2D eigenvalue weighted by Gasteiger charge is -2.36. The SMILES string of the molecule is CNC1=C(Cc2cc(OC)c(OC)cc2C(C)C)C=NC(N)(C(C)C)N1. The zero-order chi connectivity index (χ0) is 19.5. The van der Waals surface area contributed by atoms with Gasteiger partial charge in [0.2, 0.25) is 0 Å². The third kappa shape index (κ3) is 3.96. The van der Waals surface area contributed by atoms with E-state index in [1.807, 2.05) is 27.1 Å². The van der Waals surface area contributed by atoms with Crippen molar-refractivity contribution in [1.29, 1.82) is 0 Å². The van der Waals surface area contributed by atoms with E-state index in [-0.39, 0.29) is 5.92 Å². The average Bonchev–Trinajstić information content (AvgIpc) is 2.62. The number of aliphatic imine (C=N–C) groups is 1. The number of allylic oxidation sites excluding steroid dienone is 1. The first-order chi connectivity index (χ1) is 12.3. The Morgan fingerprint density at radius 1 is 1.15 bits per heavy atom. The second-order valence-corrected chi connectivity index (χ2v) is 7.25. The molecule has 1 atom stereocenters. The molecule has 144 valence electrons. The van der Waals surface area contributed by atoms with Gasteiger partial charge in [-0.15, -0.1) is 0 Å². The molecule has 0 bridgehead atoms. The first kappa shape index (κ1) is 20.1. The summed E-state index contributed by atoms with van der Waals surface area (Å²) in [5.41, 5.74) is 9.84. The van der Waals surface area contributed by atoms with E-state index in [9.17, 15) is 0 Å². The second-order valence-electron chi connectivity index (χ2n) is 7.25. The number of nitrogens with two attached hydrogens (primary N) is 1. The number of benzene rings is 1. The van der Waals surface area contributed by atoms with Crippen LogP contribution < -0.4 is 25.8 Å². The monoisotopic (exact) mass is 360 g/mol. The Labute approximate surface area is 156 Å². The van der Waals surface area contributed by atoms with Gasteiger partial charge in [-0.1, -0.05) is 27.7 Å². The van der Waals surface area contributed by atoms with Gasteiger partial charge in [0.05, 0.1) is 14.2 Å². The highest BCUT2D eigenvalue weighted by Gasteiger charge is 2.32. The molecule has 1 aromatic rings. The smallest absolute Gasteiger partial charge is 0.185 e. The Morgan fingerprint density at radius 3 is 2.27 bits per heavy atom. The predicted molar refractivity (Wildman–Crippen MR) is 107 cm³/mol. The van der Waals surface area contributed by atoms with E-state index in [2.05, 4.69) is 41.6 Å². The number of hydrogen-bond donors (Lipinski definition) is 3. The van der Waals surface area contributed by atoms with Crippen molar-refractivity contribution < 1.29 is 9.47 Å². The van der Waals surface area contributed by atoms with Gasteiger partial charge >= 0.3 is 0 Å². The molecule has 1 aliphatic heterocycles. The summed E-state index contributed by atoms with van der Waals surface area (Å²) in [6, 6.07) is 4.11. The first-order valence-electron chi connectivity index (χ1n) is 9.03. The van der Waals surface area contributed by atoms with Crippen molar-refractivity contribution in [3.05, 3.63) is 34.7 Å². The predicted octanol–water partition coefficient (Wildman–Crippen LogP) is 2.74. The molecule has 26 heavy (non-hydrogen) atoms. The van der Waals surface area contributed by atoms with E-state index in [1.54, 1.807) is 14.2 Å². The standard InChI is InChI=1S/C20H32N4O2/c1-12(2)16-10-18(26-7)17(25-6)9-14(16)8-15-11-23-20(21,13(3)4)24-19(15)22-5/h9-13,22,24H,8,21H2,1-7H3. The number of hydrogen-bond acceptors (Lipinski definition) is 6. The Bertz CT molecular complexity index is 710. The molecule has 0 radical (unpaired) electrons. The quantitative estimate of drug-likeness (QED) is 0.697. The third-order valence-corrected chi connectivity index (χ3v) is 4.86.